The molecule has 3 aromatic rings. The fourth-order valence-corrected chi connectivity index (χ4v) is 5.30. The van der Waals surface area contributed by atoms with E-state index in [9.17, 15) is 4.79 Å². The van der Waals surface area contributed by atoms with E-state index in [4.69, 9.17) is 26.5 Å². The first kappa shape index (κ1) is 38.0. The van der Waals surface area contributed by atoms with Gasteiger partial charge >= 0.3 is 0 Å². The summed E-state index contributed by atoms with van der Waals surface area (Å²) >= 11 is 1.44. The van der Waals surface area contributed by atoms with Gasteiger partial charge in [0.2, 0.25) is 0 Å². The third-order valence-electron chi connectivity index (χ3n) is 7.94. The Hall–Kier alpha value is -4.45. The van der Waals surface area contributed by atoms with Gasteiger partial charge in [-0.25, -0.2) is 5.84 Å². The molecule has 0 heterocycles. The average molecular weight is 674 g/mol. The number of amides is 1. The van der Waals surface area contributed by atoms with E-state index in [1.165, 1.54) is 23.2 Å². The highest BCUT2D eigenvalue weighted by Crippen LogP contribution is 2.40. The van der Waals surface area contributed by atoms with Crippen molar-refractivity contribution in [1.82, 2.24) is 4.90 Å². The van der Waals surface area contributed by atoms with Crippen molar-refractivity contribution in [3.8, 4) is 5.75 Å². The maximum absolute atomic E-state index is 13.6. The molecule has 11 heteroatoms. The van der Waals surface area contributed by atoms with Crippen LogP contribution in [0.2, 0.25) is 0 Å². The molecule has 48 heavy (non-hydrogen) atoms. The molecule has 1 amide bonds. The van der Waals surface area contributed by atoms with E-state index in [0.29, 0.717) is 41.6 Å². The summed E-state index contributed by atoms with van der Waals surface area (Å²) in [7, 11) is 3.32. The lowest BCUT2D eigenvalue weighted by molar-refractivity contribution is 0.0751. The molecule has 0 spiro atoms. The Kier molecular flexibility index (Phi) is 12.7. The molecule has 0 aliphatic rings. The third kappa shape index (κ3) is 9.56. The van der Waals surface area contributed by atoms with Gasteiger partial charge in [0, 0.05) is 30.5 Å². The number of nitrogens with zero attached hydrogens (tertiary/aromatic N) is 2. The molecule has 0 fully saturated rings. The van der Waals surface area contributed by atoms with Crippen molar-refractivity contribution < 1.29 is 14.3 Å². The molecular formula is C37H51N7O3S. The second-order valence-electron chi connectivity index (χ2n) is 13.3. The summed E-state index contributed by atoms with van der Waals surface area (Å²) in [5.41, 5.74) is 11.6. The molecule has 0 aliphatic heterocycles. The van der Waals surface area contributed by atoms with Crippen LogP contribution in [-0.2, 0) is 16.8 Å². The summed E-state index contributed by atoms with van der Waals surface area (Å²) < 4.78 is 14.9. The summed E-state index contributed by atoms with van der Waals surface area (Å²) in [5, 5.41) is 13.3. The van der Waals surface area contributed by atoms with Crippen molar-refractivity contribution in [2.75, 3.05) is 42.1 Å². The van der Waals surface area contributed by atoms with Gasteiger partial charge in [0.25, 0.3) is 5.91 Å². The zero-order valence-electron chi connectivity index (χ0n) is 29.7. The predicted molar refractivity (Wildman–Crippen MR) is 201 cm³/mol. The maximum Gasteiger partial charge on any atom is 0.255 e. The monoisotopic (exact) mass is 673 g/mol. The third-order valence-corrected chi connectivity index (χ3v) is 8.36. The first-order valence-electron chi connectivity index (χ1n) is 15.6. The first-order chi connectivity index (χ1) is 22.5. The predicted octanol–water partition coefficient (Wildman–Crippen LogP) is 7.39. The number of methoxy groups -OCH3 is 1. The van der Waals surface area contributed by atoms with Crippen LogP contribution in [0.3, 0.4) is 0 Å². The number of likely N-dealkylation sites (N-methyl/N-ethyl adjacent to an activating group) is 1. The number of amidine groups is 1. The van der Waals surface area contributed by atoms with Crippen LogP contribution >= 0.6 is 11.9 Å². The lowest BCUT2D eigenvalue weighted by Gasteiger charge is -2.33. The number of carbonyl (C=O) groups is 1. The van der Waals surface area contributed by atoms with Crippen molar-refractivity contribution in [2.45, 2.75) is 53.6 Å². The molecule has 0 aliphatic carbocycles. The van der Waals surface area contributed by atoms with Gasteiger partial charge < -0.3 is 30.1 Å². The van der Waals surface area contributed by atoms with Crippen LogP contribution in [0.25, 0.3) is 0 Å². The minimum Gasteiger partial charge on any atom is -0.492 e. The van der Waals surface area contributed by atoms with Gasteiger partial charge in [-0.3, -0.25) is 15.2 Å². The fourth-order valence-electron chi connectivity index (χ4n) is 4.93. The molecule has 0 bridgehead atoms. The van der Waals surface area contributed by atoms with E-state index in [2.05, 4.69) is 37.4 Å². The number of hydrogen-bond acceptors (Lipinski definition) is 9. The van der Waals surface area contributed by atoms with Crippen LogP contribution < -0.4 is 31.4 Å². The minimum atomic E-state index is -0.616. The van der Waals surface area contributed by atoms with Crippen molar-refractivity contribution in [3.05, 3.63) is 107 Å². The maximum atomic E-state index is 13.6. The Balaban J connectivity index is 1.78. The Bertz CT molecular complexity index is 1650. The number of hydrazine groups is 1. The van der Waals surface area contributed by atoms with Crippen LogP contribution in [0, 0.1) is 17.7 Å². The molecule has 0 unspecified atom stereocenters. The highest BCUT2D eigenvalue weighted by Gasteiger charge is 2.29. The molecule has 0 atom stereocenters. The number of nitrogens with one attached hydrogen (secondary N) is 3. The standard InChI is InChI=1S/C37H51N7O3S/c1-24-16-17-27(34(45)41-30-19-28(36(3,4)5)20-31(42-48-10)33(30)46-9)18-32(24)44(40)21-29(38)25(2)43(8)35(39)37(6,7)23-47-22-26-14-12-11-13-15-26/h11-21,39,42H,2,22-23,38,40H2,1,3-10H3,(H,41,45)/b29-21-,39-35?. The van der Waals surface area contributed by atoms with Gasteiger partial charge in [0.15, 0.2) is 5.75 Å². The topological polar surface area (TPSA) is 142 Å². The lowest BCUT2D eigenvalue weighted by Crippen LogP contribution is -2.41. The fraction of sp³-hybridized carbons (Fsp3) is 0.351. The van der Waals surface area contributed by atoms with Crippen LogP contribution in [0.4, 0.5) is 17.1 Å². The summed E-state index contributed by atoms with van der Waals surface area (Å²) in [6.07, 6.45) is 3.46. The second kappa shape index (κ2) is 16.1. The van der Waals surface area contributed by atoms with Gasteiger partial charge in [-0.2, -0.15) is 0 Å². The highest BCUT2D eigenvalue weighted by molar-refractivity contribution is 7.99. The molecule has 7 N–H and O–H groups in total. The van der Waals surface area contributed by atoms with Gasteiger partial charge in [-0.05, 0) is 53.3 Å². The first-order valence-corrected chi connectivity index (χ1v) is 16.8. The molecule has 0 saturated carbocycles. The van der Waals surface area contributed by atoms with E-state index in [1.54, 1.807) is 31.2 Å². The zero-order chi connectivity index (χ0) is 35.8. The number of benzene rings is 3. The van der Waals surface area contributed by atoms with Crippen molar-refractivity contribution in [3.63, 3.8) is 0 Å². The van der Waals surface area contributed by atoms with Gasteiger partial charge in [-0.1, -0.05) is 89.5 Å². The van der Waals surface area contributed by atoms with Crippen molar-refractivity contribution in [1.29, 1.82) is 5.41 Å². The van der Waals surface area contributed by atoms with Crippen molar-refractivity contribution >= 4 is 40.8 Å². The zero-order valence-corrected chi connectivity index (χ0v) is 30.5. The number of carbonyl (C=O) groups excluding carboxylic acids is 1. The van der Waals surface area contributed by atoms with Gasteiger partial charge in [0.05, 0.1) is 48.8 Å². The smallest absolute Gasteiger partial charge is 0.255 e. The van der Waals surface area contributed by atoms with E-state index in [0.717, 1.165) is 22.4 Å². The van der Waals surface area contributed by atoms with Crippen LogP contribution in [0.1, 0.15) is 61.7 Å². The summed E-state index contributed by atoms with van der Waals surface area (Å²) in [5.74, 6) is 6.99. The van der Waals surface area contributed by atoms with E-state index >= 15 is 0 Å². The highest BCUT2D eigenvalue weighted by atomic mass is 32.2. The molecule has 3 aromatic carbocycles. The normalized spacial score (nSPS) is 11.9. The van der Waals surface area contributed by atoms with Crippen LogP contribution in [0.5, 0.6) is 5.75 Å². The summed E-state index contributed by atoms with van der Waals surface area (Å²) in [6, 6.07) is 19.2. The number of aryl methyl sites for hydroxylation is 1. The SMILES string of the molecule is C=C(/C(N)=C/N(N)c1cc(C(=O)Nc2cc(C(C)(C)C)cc(NSC)c2OC)ccc1C)N(C)C(=N)C(C)(C)COCc1ccccc1. The number of nitrogens with two attached hydrogens (primary N) is 2. The van der Waals surface area contributed by atoms with Gasteiger partial charge in [-0.15, -0.1) is 0 Å². The Labute approximate surface area is 290 Å². The summed E-state index contributed by atoms with van der Waals surface area (Å²) in [4.78, 5) is 15.2. The molecule has 10 nitrogen and oxygen atoms in total. The Morgan fingerprint density at radius 3 is 2.31 bits per heavy atom. The average Bonchev–Trinajstić information content (AvgIpc) is 3.03. The number of anilines is 3. The molecule has 0 aromatic heterocycles. The quantitative estimate of drug-likeness (QED) is 0.0296. The second-order valence-corrected chi connectivity index (χ2v) is 13.9. The van der Waals surface area contributed by atoms with E-state index in [-0.39, 0.29) is 22.9 Å². The molecule has 258 valence electrons. The Morgan fingerprint density at radius 1 is 1.06 bits per heavy atom. The van der Waals surface area contributed by atoms with Crippen LogP contribution in [0.15, 0.2) is 84.8 Å². The molecule has 3 rings (SSSR count). The molecular weight excluding hydrogens is 623 g/mol. The lowest BCUT2D eigenvalue weighted by atomic mass is 9.86. The minimum absolute atomic E-state index is 0.160. The van der Waals surface area contributed by atoms with Gasteiger partial charge in [0.1, 0.15) is 5.84 Å². The number of rotatable bonds is 14. The molecule has 0 radical (unpaired) electrons. The molecule has 0 saturated heterocycles. The van der Waals surface area contributed by atoms with E-state index in [1.807, 2.05) is 75.6 Å². The summed E-state index contributed by atoms with van der Waals surface area (Å²) in [6.45, 7) is 17.0. The number of ether oxygens (including phenoxy) is 2. The largest absolute Gasteiger partial charge is 0.492 e. The van der Waals surface area contributed by atoms with E-state index < -0.39 is 5.41 Å². The van der Waals surface area contributed by atoms with Crippen molar-refractivity contribution in [2.24, 2.45) is 17.0 Å². The Morgan fingerprint density at radius 2 is 1.71 bits per heavy atom. The van der Waals surface area contributed by atoms with Crippen LogP contribution in [-0.4, -0.2) is 43.7 Å². The number of hydrogen-bond donors (Lipinski definition) is 5.